The van der Waals surface area contributed by atoms with Gasteiger partial charge in [0.1, 0.15) is 0 Å². The maximum absolute atomic E-state index is 4.75. The number of benzene rings is 3. The highest BCUT2D eigenvalue weighted by atomic mass is 32.1. The molecule has 0 radical (unpaired) electrons. The van der Waals surface area contributed by atoms with E-state index in [0.717, 1.165) is 5.69 Å². The molecular formula is C29H27NS. The summed E-state index contributed by atoms with van der Waals surface area (Å²) in [6.45, 7) is 11.3. The quantitative estimate of drug-likeness (QED) is 0.278. The van der Waals surface area contributed by atoms with Crippen LogP contribution in [0.15, 0.2) is 72.9 Å². The first-order chi connectivity index (χ1) is 14.8. The van der Waals surface area contributed by atoms with E-state index in [2.05, 4.69) is 101 Å². The van der Waals surface area contributed by atoms with E-state index in [4.69, 9.17) is 4.98 Å². The Bertz CT molecular complexity index is 1430. The standard InChI is InChI=1S/C29H27NS/c1-18-19(2)31-28-11-10-20(15-25(18)28)21-12-13-30-27(17-21)23-14-22-8-6-7-9-24(22)26(16-23)29(3,4)5/h6-17H,1-5H3. The van der Waals surface area contributed by atoms with Crippen molar-refractivity contribution >= 4 is 32.2 Å². The Kier molecular flexibility index (Phi) is 4.71. The molecule has 0 fully saturated rings. The van der Waals surface area contributed by atoms with Gasteiger partial charge in [-0.25, -0.2) is 0 Å². The molecule has 5 aromatic rings. The minimum atomic E-state index is 0.0621. The maximum Gasteiger partial charge on any atom is 0.0708 e. The third-order valence-corrected chi connectivity index (χ3v) is 7.42. The lowest BCUT2D eigenvalue weighted by Crippen LogP contribution is -2.12. The zero-order valence-corrected chi connectivity index (χ0v) is 19.6. The van der Waals surface area contributed by atoms with Crippen LogP contribution in [0.3, 0.4) is 0 Å². The maximum atomic E-state index is 4.75. The van der Waals surface area contributed by atoms with Crippen LogP contribution >= 0.6 is 11.3 Å². The first-order valence-electron chi connectivity index (χ1n) is 10.8. The highest BCUT2D eigenvalue weighted by molar-refractivity contribution is 7.19. The van der Waals surface area contributed by atoms with E-state index in [0.29, 0.717) is 0 Å². The highest BCUT2D eigenvalue weighted by Crippen LogP contribution is 2.36. The lowest BCUT2D eigenvalue weighted by atomic mass is 9.82. The molecule has 0 aliphatic rings. The van der Waals surface area contributed by atoms with Gasteiger partial charge in [-0.15, -0.1) is 11.3 Å². The van der Waals surface area contributed by atoms with Gasteiger partial charge in [-0.3, -0.25) is 4.98 Å². The smallest absolute Gasteiger partial charge is 0.0708 e. The number of rotatable bonds is 2. The number of thiophene rings is 1. The van der Waals surface area contributed by atoms with Crippen molar-refractivity contribution in [2.45, 2.75) is 40.0 Å². The molecule has 3 aromatic carbocycles. The van der Waals surface area contributed by atoms with Gasteiger partial charge in [0.05, 0.1) is 5.69 Å². The number of aryl methyl sites for hydroxylation is 2. The number of aromatic nitrogens is 1. The van der Waals surface area contributed by atoms with Crippen molar-refractivity contribution in [2.75, 3.05) is 0 Å². The first kappa shape index (κ1) is 20.0. The monoisotopic (exact) mass is 421 g/mol. The molecule has 154 valence electrons. The minimum Gasteiger partial charge on any atom is -0.256 e. The average molecular weight is 422 g/mol. The van der Waals surface area contributed by atoms with Gasteiger partial charge in [-0.2, -0.15) is 0 Å². The van der Waals surface area contributed by atoms with Crippen molar-refractivity contribution < 1.29 is 0 Å². The second-order valence-corrected chi connectivity index (χ2v) is 10.7. The van der Waals surface area contributed by atoms with Crippen molar-refractivity contribution in [3.05, 3.63) is 88.9 Å². The van der Waals surface area contributed by atoms with Crippen LogP contribution in [0.2, 0.25) is 0 Å². The molecule has 0 N–H and O–H groups in total. The van der Waals surface area contributed by atoms with E-state index in [1.807, 2.05) is 17.5 Å². The predicted octanol–water partition coefficient (Wildman–Crippen LogP) is 8.70. The molecular weight excluding hydrogens is 394 g/mol. The van der Waals surface area contributed by atoms with Crippen LogP contribution in [0.1, 0.15) is 36.8 Å². The third-order valence-electron chi connectivity index (χ3n) is 6.23. The van der Waals surface area contributed by atoms with Crippen LogP contribution in [0.25, 0.3) is 43.2 Å². The number of pyridine rings is 1. The van der Waals surface area contributed by atoms with E-state index in [-0.39, 0.29) is 5.41 Å². The summed E-state index contributed by atoms with van der Waals surface area (Å²) in [6.07, 6.45) is 1.94. The van der Waals surface area contributed by atoms with Crippen LogP contribution in [0.5, 0.6) is 0 Å². The molecule has 2 heteroatoms. The molecule has 0 amide bonds. The molecule has 0 saturated carbocycles. The van der Waals surface area contributed by atoms with Gasteiger partial charge in [-0.05, 0) is 94.1 Å². The third kappa shape index (κ3) is 3.55. The Morgan fingerprint density at radius 2 is 1.52 bits per heavy atom. The van der Waals surface area contributed by atoms with Gasteiger partial charge in [0.15, 0.2) is 0 Å². The number of fused-ring (bicyclic) bond motifs is 2. The van der Waals surface area contributed by atoms with Crippen molar-refractivity contribution in [2.24, 2.45) is 0 Å². The van der Waals surface area contributed by atoms with Crippen LogP contribution in [-0.4, -0.2) is 4.98 Å². The fourth-order valence-electron chi connectivity index (χ4n) is 4.37. The van der Waals surface area contributed by atoms with Gasteiger partial charge in [0.25, 0.3) is 0 Å². The molecule has 0 atom stereocenters. The molecule has 0 spiro atoms. The molecule has 0 saturated heterocycles. The Hall–Kier alpha value is -2.97. The summed E-state index contributed by atoms with van der Waals surface area (Å²) in [5.41, 5.74) is 7.46. The Labute approximate surface area is 188 Å². The SMILES string of the molecule is Cc1sc2ccc(-c3ccnc(-c4cc(C(C)(C)C)c5ccccc5c4)c3)cc2c1C. The highest BCUT2D eigenvalue weighted by Gasteiger charge is 2.18. The molecule has 2 heterocycles. The molecule has 31 heavy (non-hydrogen) atoms. The fraction of sp³-hybridized carbons (Fsp3) is 0.207. The largest absolute Gasteiger partial charge is 0.256 e. The summed E-state index contributed by atoms with van der Waals surface area (Å²) in [4.78, 5) is 6.15. The molecule has 2 aromatic heterocycles. The van der Waals surface area contributed by atoms with Gasteiger partial charge in [0.2, 0.25) is 0 Å². The van der Waals surface area contributed by atoms with E-state index < -0.39 is 0 Å². The van der Waals surface area contributed by atoms with Crippen molar-refractivity contribution in [1.29, 1.82) is 0 Å². The van der Waals surface area contributed by atoms with Crippen molar-refractivity contribution in [3.63, 3.8) is 0 Å². The predicted molar refractivity (Wildman–Crippen MR) is 136 cm³/mol. The molecule has 0 bridgehead atoms. The van der Waals surface area contributed by atoms with E-state index in [9.17, 15) is 0 Å². The molecule has 0 aliphatic carbocycles. The zero-order chi connectivity index (χ0) is 21.8. The first-order valence-corrected chi connectivity index (χ1v) is 11.6. The van der Waals surface area contributed by atoms with Gasteiger partial charge >= 0.3 is 0 Å². The lowest BCUT2D eigenvalue weighted by Gasteiger charge is -2.22. The second-order valence-electron chi connectivity index (χ2n) is 9.42. The summed E-state index contributed by atoms with van der Waals surface area (Å²) in [5, 5.41) is 3.95. The normalized spacial score (nSPS) is 12.0. The minimum absolute atomic E-state index is 0.0621. The van der Waals surface area contributed by atoms with E-state index >= 15 is 0 Å². The lowest BCUT2D eigenvalue weighted by molar-refractivity contribution is 0.596. The van der Waals surface area contributed by atoms with E-state index in [1.54, 1.807) is 0 Å². The molecule has 5 rings (SSSR count). The summed E-state index contributed by atoms with van der Waals surface area (Å²) >= 11 is 1.88. The van der Waals surface area contributed by atoms with Crippen LogP contribution in [0, 0.1) is 13.8 Å². The average Bonchev–Trinajstić information content (AvgIpc) is 3.05. The fourth-order valence-corrected chi connectivity index (χ4v) is 5.42. The molecule has 0 unspecified atom stereocenters. The summed E-state index contributed by atoms with van der Waals surface area (Å²) in [7, 11) is 0. The zero-order valence-electron chi connectivity index (χ0n) is 18.8. The van der Waals surface area contributed by atoms with Crippen LogP contribution < -0.4 is 0 Å². The Morgan fingerprint density at radius 1 is 0.742 bits per heavy atom. The molecule has 1 nitrogen and oxygen atoms in total. The van der Waals surface area contributed by atoms with Gasteiger partial charge in [0, 0.05) is 21.3 Å². The summed E-state index contributed by atoms with van der Waals surface area (Å²) in [5.74, 6) is 0. The molecule has 0 aliphatic heterocycles. The van der Waals surface area contributed by atoms with Gasteiger partial charge in [-0.1, -0.05) is 51.1 Å². The van der Waals surface area contributed by atoms with Gasteiger partial charge < -0.3 is 0 Å². The van der Waals surface area contributed by atoms with E-state index in [1.165, 1.54) is 53.6 Å². The van der Waals surface area contributed by atoms with Crippen LogP contribution in [-0.2, 0) is 5.41 Å². The number of nitrogens with zero attached hydrogens (tertiary/aromatic N) is 1. The Morgan fingerprint density at radius 3 is 2.32 bits per heavy atom. The van der Waals surface area contributed by atoms with Crippen molar-refractivity contribution in [1.82, 2.24) is 4.98 Å². The Balaban J connectivity index is 1.66. The summed E-state index contributed by atoms with van der Waals surface area (Å²) < 4.78 is 1.36. The summed E-state index contributed by atoms with van der Waals surface area (Å²) in [6, 6.07) is 24.4. The van der Waals surface area contributed by atoms with Crippen molar-refractivity contribution in [3.8, 4) is 22.4 Å². The number of hydrogen-bond donors (Lipinski definition) is 0. The number of hydrogen-bond acceptors (Lipinski definition) is 2. The topological polar surface area (TPSA) is 12.9 Å². The second kappa shape index (κ2) is 7.32. The van der Waals surface area contributed by atoms with Crippen LogP contribution in [0.4, 0.5) is 0 Å².